The van der Waals surface area contributed by atoms with Crippen LogP contribution in [0.3, 0.4) is 0 Å². The van der Waals surface area contributed by atoms with Crippen LogP contribution in [0.2, 0.25) is 0 Å². The van der Waals surface area contributed by atoms with Gasteiger partial charge in [-0.25, -0.2) is 4.39 Å². The van der Waals surface area contributed by atoms with Gasteiger partial charge in [-0.05, 0) is 44.5 Å². The van der Waals surface area contributed by atoms with Crippen molar-refractivity contribution in [2.45, 2.75) is 27.2 Å². The van der Waals surface area contributed by atoms with Crippen LogP contribution < -0.4 is 4.74 Å². The van der Waals surface area contributed by atoms with E-state index in [4.69, 9.17) is 13.8 Å². The monoisotopic (exact) mass is 318 g/mol. The van der Waals surface area contributed by atoms with Crippen LogP contribution in [-0.2, 0) is 18.4 Å². The van der Waals surface area contributed by atoms with E-state index < -0.39 is 13.6 Å². The molecular weight excluding hydrogens is 298 g/mol. The Bertz CT molecular complexity index is 522. The van der Waals surface area contributed by atoms with E-state index in [0.29, 0.717) is 5.56 Å². The van der Waals surface area contributed by atoms with Gasteiger partial charge < -0.3 is 13.8 Å². The van der Waals surface area contributed by atoms with E-state index in [1.165, 1.54) is 18.2 Å². The van der Waals surface area contributed by atoms with E-state index in [0.717, 1.165) is 0 Å². The topological polar surface area (TPSA) is 61.8 Å². The van der Waals surface area contributed by atoms with Crippen LogP contribution in [0.25, 0.3) is 0 Å². The molecule has 0 atom stereocenters. The van der Waals surface area contributed by atoms with E-state index in [1.54, 1.807) is 20.8 Å². The van der Waals surface area contributed by atoms with Crippen molar-refractivity contribution in [3.63, 3.8) is 0 Å². The fraction of sp³-hybridized carbons (Fsp3) is 0.500. The summed E-state index contributed by atoms with van der Waals surface area (Å²) in [6.07, 6.45) is -0.151. The molecule has 118 valence electrons. The van der Waals surface area contributed by atoms with Crippen LogP contribution in [0, 0.1) is 12.7 Å². The molecule has 0 aliphatic heterocycles. The van der Waals surface area contributed by atoms with Crippen LogP contribution in [0.5, 0.6) is 5.75 Å². The molecule has 0 fully saturated rings. The Morgan fingerprint density at radius 1 is 1.24 bits per heavy atom. The molecule has 0 bridgehead atoms. The van der Waals surface area contributed by atoms with Crippen molar-refractivity contribution < 1.29 is 27.5 Å². The minimum Gasteiger partial charge on any atom is -0.427 e. The molecule has 0 aromatic heterocycles. The standard InChI is InChI=1S/C14H20FO5P/c1-4-18-21(17,19-5-2)9-8-14(16)20-12-6-7-13(15)11(3)10-12/h6-7,10H,4-5,8-9H2,1-3H3. The average Bonchev–Trinajstić information content (AvgIpc) is 2.41. The van der Waals surface area contributed by atoms with Gasteiger partial charge in [-0.2, -0.15) is 0 Å². The summed E-state index contributed by atoms with van der Waals surface area (Å²) in [5.74, 6) is -0.686. The van der Waals surface area contributed by atoms with Crippen molar-refractivity contribution in [2.24, 2.45) is 0 Å². The highest BCUT2D eigenvalue weighted by atomic mass is 31.2. The molecule has 1 aromatic rings. The molecule has 0 aliphatic rings. The molecule has 0 saturated heterocycles. The molecule has 0 unspecified atom stereocenters. The van der Waals surface area contributed by atoms with Gasteiger partial charge in [0, 0.05) is 0 Å². The van der Waals surface area contributed by atoms with Crippen LogP contribution in [0.1, 0.15) is 25.8 Å². The fourth-order valence-electron chi connectivity index (χ4n) is 1.65. The normalized spacial score (nSPS) is 11.4. The zero-order chi connectivity index (χ0) is 15.9. The first-order chi connectivity index (χ1) is 9.90. The Hall–Kier alpha value is -1.23. The van der Waals surface area contributed by atoms with Gasteiger partial charge in [0.2, 0.25) is 0 Å². The van der Waals surface area contributed by atoms with Crippen molar-refractivity contribution >= 4 is 13.6 Å². The van der Waals surface area contributed by atoms with Gasteiger partial charge in [0.1, 0.15) is 11.6 Å². The second kappa shape index (κ2) is 8.27. The van der Waals surface area contributed by atoms with E-state index >= 15 is 0 Å². The summed E-state index contributed by atoms with van der Waals surface area (Å²) in [7, 11) is -3.26. The first-order valence-electron chi connectivity index (χ1n) is 6.75. The van der Waals surface area contributed by atoms with Crippen LogP contribution in [0.15, 0.2) is 18.2 Å². The van der Waals surface area contributed by atoms with Crippen molar-refractivity contribution in [3.05, 3.63) is 29.6 Å². The summed E-state index contributed by atoms with van der Waals surface area (Å²) >= 11 is 0. The lowest BCUT2D eigenvalue weighted by Crippen LogP contribution is -2.12. The largest absolute Gasteiger partial charge is 0.427 e. The minimum atomic E-state index is -3.26. The number of hydrogen-bond donors (Lipinski definition) is 0. The smallest absolute Gasteiger partial charge is 0.331 e. The van der Waals surface area contributed by atoms with Gasteiger partial charge >= 0.3 is 13.6 Å². The van der Waals surface area contributed by atoms with E-state index in [1.807, 2.05) is 0 Å². The Morgan fingerprint density at radius 2 is 1.86 bits per heavy atom. The first-order valence-corrected chi connectivity index (χ1v) is 8.48. The number of esters is 1. The predicted molar refractivity (Wildman–Crippen MR) is 77.1 cm³/mol. The van der Waals surface area contributed by atoms with Crippen molar-refractivity contribution in [3.8, 4) is 5.75 Å². The number of carbonyl (C=O) groups excluding carboxylic acids is 1. The Kier molecular flexibility index (Phi) is 7.02. The number of hydrogen-bond acceptors (Lipinski definition) is 5. The molecule has 7 heteroatoms. The highest BCUT2D eigenvalue weighted by Crippen LogP contribution is 2.48. The third-order valence-electron chi connectivity index (χ3n) is 2.60. The number of ether oxygens (including phenoxy) is 1. The van der Waals surface area contributed by atoms with E-state index in [-0.39, 0.29) is 37.4 Å². The Labute approximate surface area is 123 Å². The Morgan fingerprint density at radius 3 is 2.38 bits per heavy atom. The second-order valence-electron chi connectivity index (χ2n) is 4.31. The molecular formula is C14H20FO5P. The molecule has 0 N–H and O–H groups in total. The maximum absolute atomic E-state index is 13.1. The zero-order valence-electron chi connectivity index (χ0n) is 12.4. The summed E-state index contributed by atoms with van der Waals surface area (Å²) in [5, 5.41) is 0. The number of halogens is 1. The summed E-state index contributed by atoms with van der Waals surface area (Å²) in [4.78, 5) is 11.7. The molecule has 0 radical (unpaired) electrons. The number of carbonyl (C=O) groups is 1. The summed E-state index contributed by atoms with van der Waals surface area (Å²) < 4.78 is 40.5. The summed E-state index contributed by atoms with van der Waals surface area (Å²) in [5.41, 5.74) is 0.384. The van der Waals surface area contributed by atoms with E-state index in [2.05, 4.69) is 0 Å². The highest BCUT2D eigenvalue weighted by Gasteiger charge is 2.25. The molecule has 0 amide bonds. The number of aryl methyl sites for hydroxylation is 1. The molecule has 21 heavy (non-hydrogen) atoms. The zero-order valence-corrected chi connectivity index (χ0v) is 13.3. The third kappa shape index (κ3) is 5.96. The fourth-order valence-corrected chi connectivity index (χ4v) is 3.23. The van der Waals surface area contributed by atoms with Gasteiger partial charge in [-0.1, -0.05) is 0 Å². The summed E-state index contributed by atoms with van der Waals surface area (Å²) in [6.45, 7) is 5.45. The van der Waals surface area contributed by atoms with Crippen molar-refractivity contribution in [2.75, 3.05) is 19.4 Å². The Balaban J connectivity index is 2.56. The van der Waals surface area contributed by atoms with E-state index in [9.17, 15) is 13.8 Å². The lowest BCUT2D eigenvalue weighted by atomic mass is 10.2. The highest BCUT2D eigenvalue weighted by molar-refractivity contribution is 7.53. The third-order valence-corrected chi connectivity index (χ3v) is 4.68. The maximum atomic E-state index is 13.1. The first kappa shape index (κ1) is 17.8. The molecule has 0 heterocycles. The molecule has 1 aromatic carbocycles. The second-order valence-corrected chi connectivity index (χ2v) is 6.49. The van der Waals surface area contributed by atoms with Crippen LogP contribution >= 0.6 is 7.60 Å². The number of rotatable bonds is 8. The lowest BCUT2D eigenvalue weighted by Gasteiger charge is -2.16. The quantitative estimate of drug-likeness (QED) is 0.415. The maximum Gasteiger partial charge on any atom is 0.331 e. The van der Waals surface area contributed by atoms with Gasteiger partial charge in [0.25, 0.3) is 0 Å². The molecule has 1 rings (SSSR count). The summed E-state index contributed by atoms with van der Waals surface area (Å²) in [6, 6.07) is 4.02. The minimum absolute atomic E-state index is 0.0479. The SMILES string of the molecule is CCOP(=O)(CCC(=O)Oc1ccc(F)c(C)c1)OCC. The van der Waals surface area contributed by atoms with Crippen LogP contribution in [-0.4, -0.2) is 25.3 Å². The average molecular weight is 318 g/mol. The van der Waals surface area contributed by atoms with Gasteiger partial charge in [0.05, 0.1) is 25.8 Å². The van der Waals surface area contributed by atoms with Gasteiger partial charge in [0.15, 0.2) is 0 Å². The van der Waals surface area contributed by atoms with Crippen molar-refractivity contribution in [1.29, 1.82) is 0 Å². The lowest BCUT2D eigenvalue weighted by molar-refractivity contribution is -0.134. The van der Waals surface area contributed by atoms with Gasteiger partial charge in [-0.3, -0.25) is 9.36 Å². The predicted octanol–water partition coefficient (Wildman–Crippen LogP) is 3.70. The molecule has 0 saturated carbocycles. The molecule has 0 spiro atoms. The van der Waals surface area contributed by atoms with Crippen molar-refractivity contribution in [1.82, 2.24) is 0 Å². The molecule has 0 aliphatic carbocycles. The van der Waals surface area contributed by atoms with Crippen LogP contribution in [0.4, 0.5) is 4.39 Å². The molecule has 5 nitrogen and oxygen atoms in total. The van der Waals surface area contributed by atoms with Gasteiger partial charge in [-0.15, -0.1) is 0 Å². The number of benzene rings is 1.